The summed E-state index contributed by atoms with van der Waals surface area (Å²) in [5.74, 6) is -0.578. The van der Waals surface area contributed by atoms with Crippen molar-refractivity contribution >= 4 is 15.7 Å². The van der Waals surface area contributed by atoms with E-state index in [2.05, 4.69) is 10.9 Å². The fourth-order valence-corrected chi connectivity index (χ4v) is 3.87. The smallest absolute Gasteiger partial charge is 0.239 e. The Labute approximate surface area is 160 Å². The maximum atomic E-state index is 13.3. The van der Waals surface area contributed by atoms with E-state index in [9.17, 15) is 17.6 Å². The molecule has 3 atom stereocenters. The number of amides is 1. The fraction of sp³-hybridized carbons (Fsp3) is 0.611. The molecule has 9 heteroatoms. The molecule has 1 fully saturated rings. The van der Waals surface area contributed by atoms with Crippen LogP contribution < -0.4 is 16.6 Å². The van der Waals surface area contributed by atoms with Gasteiger partial charge < -0.3 is 10.6 Å². The van der Waals surface area contributed by atoms with Crippen LogP contribution >= 0.6 is 0 Å². The number of benzene rings is 1. The lowest BCUT2D eigenvalue weighted by Crippen LogP contribution is -2.43. The van der Waals surface area contributed by atoms with Crippen molar-refractivity contribution in [1.82, 2.24) is 15.8 Å². The minimum atomic E-state index is -3.13. The molecular weight excluding hydrogens is 371 g/mol. The van der Waals surface area contributed by atoms with Gasteiger partial charge in [-0.3, -0.25) is 15.6 Å². The molecule has 1 aromatic rings. The molecule has 2 rings (SSSR count). The average Bonchev–Trinajstić information content (AvgIpc) is 3.07. The number of rotatable bonds is 9. The van der Waals surface area contributed by atoms with Crippen molar-refractivity contribution in [3.8, 4) is 0 Å². The summed E-state index contributed by atoms with van der Waals surface area (Å²) in [6.45, 7) is 0.550. The molecule has 152 valence electrons. The minimum absolute atomic E-state index is 0.0643. The Balaban J connectivity index is 1.70. The molecule has 0 radical (unpaired) electrons. The molecule has 0 saturated carbocycles. The molecule has 0 bridgehead atoms. The summed E-state index contributed by atoms with van der Waals surface area (Å²) in [5, 5.41) is 0. The number of hydrogen-bond acceptors (Lipinski definition) is 6. The Kier molecular flexibility index (Phi) is 7.72. The van der Waals surface area contributed by atoms with Gasteiger partial charge in [0, 0.05) is 31.9 Å². The molecular formula is C18H29FN4O3S. The molecule has 4 N–H and O–H groups in total. The molecule has 1 heterocycles. The summed E-state index contributed by atoms with van der Waals surface area (Å²) in [7, 11) is -1.45. The first-order valence-electron chi connectivity index (χ1n) is 9.10. The standard InChI is InChI=1S/C18H29FN4O3S/c1-23(18(24)16(20)8-10-27(2,25)26)9-4-7-15-12-17(22-21-15)13-5-3-6-14(19)11-13/h3,5-6,11,15-17,21-22H,4,7-10,12,20H2,1-2H3. The number of halogens is 1. The second-order valence-electron chi connectivity index (χ2n) is 7.26. The molecule has 27 heavy (non-hydrogen) atoms. The van der Waals surface area contributed by atoms with Crippen LogP contribution in [0.1, 0.15) is 37.3 Å². The first-order valence-corrected chi connectivity index (χ1v) is 11.2. The maximum absolute atomic E-state index is 13.3. The second kappa shape index (κ2) is 9.59. The highest BCUT2D eigenvalue weighted by Crippen LogP contribution is 2.24. The fourth-order valence-electron chi connectivity index (χ4n) is 3.19. The van der Waals surface area contributed by atoms with Crippen molar-refractivity contribution in [3.63, 3.8) is 0 Å². The normalized spacial score (nSPS) is 21.2. The van der Waals surface area contributed by atoms with Gasteiger partial charge in [0.1, 0.15) is 15.7 Å². The molecule has 1 aromatic carbocycles. The Morgan fingerprint density at radius 3 is 2.81 bits per heavy atom. The van der Waals surface area contributed by atoms with Gasteiger partial charge >= 0.3 is 0 Å². The van der Waals surface area contributed by atoms with E-state index >= 15 is 0 Å². The van der Waals surface area contributed by atoms with E-state index in [4.69, 9.17) is 5.73 Å². The number of nitrogens with two attached hydrogens (primary N) is 1. The molecule has 1 amide bonds. The van der Waals surface area contributed by atoms with Crippen molar-refractivity contribution in [2.45, 2.75) is 43.8 Å². The third-order valence-corrected chi connectivity index (χ3v) is 5.75. The lowest BCUT2D eigenvalue weighted by molar-refractivity contribution is -0.131. The highest BCUT2D eigenvalue weighted by Gasteiger charge is 2.25. The highest BCUT2D eigenvalue weighted by atomic mass is 32.2. The zero-order chi connectivity index (χ0) is 20.0. The van der Waals surface area contributed by atoms with Crippen molar-refractivity contribution in [2.75, 3.05) is 25.6 Å². The predicted octanol–water partition coefficient (Wildman–Crippen LogP) is 0.734. The van der Waals surface area contributed by atoms with Gasteiger partial charge in [-0.2, -0.15) is 0 Å². The lowest BCUT2D eigenvalue weighted by atomic mass is 9.99. The molecule has 1 aliphatic heterocycles. The van der Waals surface area contributed by atoms with E-state index in [0.29, 0.717) is 6.54 Å². The number of hydrazine groups is 1. The zero-order valence-electron chi connectivity index (χ0n) is 15.8. The van der Waals surface area contributed by atoms with Crippen LogP contribution in [0.5, 0.6) is 0 Å². The van der Waals surface area contributed by atoms with Gasteiger partial charge in [-0.05, 0) is 43.4 Å². The third-order valence-electron chi connectivity index (χ3n) is 4.77. The SMILES string of the molecule is CN(CCCC1CC(c2cccc(F)c2)NN1)C(=O)C(N)CCS(C)(=O)=O. The molecule has 0 aromatic heterocycles. The summed E-state index contributed by atoms with van der Waals surface area (Å²) in [4.78, 5) is 13.8. The highest BCUT2D eigenvalue weighted by molar-refractivity contribution is 7.90. The van der Waals surface area contributed by atoms with E-state index in [-0.39, 0.29) is 36.0 Å². The minimum Gasteiger partial charge on any atom is -0.344 e. The van der Waals surface area contributed by atoms with E-state index < -0.39 is 15.9 Å². The Bertz CT molecular complexity index is 744. The van der Waals surface area contributed by atoms with Crippen LogP contribution in [0.2, 0.25) is 0 Å². The van der Waals surface area contributed by atoms with Crippen LogP contribution in [0.4, 0.5) is 4.39 Å². The molecule has 0 spiro atoms. The third kappa shape index (κ3) is 7.17. The average molecular weight is 401 g/mol. The van der Waals surface area contributed by atoms with Crippen LogP contribution in [-0.2, 0) is 14.6 Å². The largest absolute Gasteiger partial charge is 0.344 e. The maximum Gasteiger partial charge on any atom is 0.239 e. The van der Waals surface area contributed by atoms with Gasteiger partial charge in [0.2, 0.25) is 5.91 Å². The second-order valence-corrected chi connectivity index (χ2v) is 9.52. The van der Waals surface area contributed by atoms with Gasteiger partial charge in [-0.15, -0.1) is 0 Å². The first kappa shape index (κ1) is 21.7. The summed E-state index contributed by atoms with van der Waals surface area (Å²) in [6.07, 6.45) is 3.75. The predicted molar refractivity (Wildman–Crippen MR) is 103 cm³/mol. The molecule has 7 nitrogen and oxygen atoms in total. The van der Waals surface area contributed by atoms with Crippen molar-refractivity contribution < 1.29 is 17.6 Å². The van der Waals surface area contributed by atoms with Gasteiger partial charge in [0.05, 0.1) is 11.8 Å². The number of carbonyl (C=O) groups excluding carboxylic acids is 1. The number of hydrogen-bond donors (Lipinski definition) is 3. The molecule has 1 aliphatic rings. The van der Waals surface area contributed by atoms with Crippen LogP contribution in [-0.4, -0.2) is 56.9 Å². The number of nitrogens with one attached hydrogen (secondary N) is 2. The number of carbonyl (C=O) groups is 1. The van der Waals surface area contributed by atoms with Crippen LogP contribution in [0.15, 0.2) is 24.3 Å². The quantitative estimate of drug-likeness (QED) is 0.565. The van der Waals surface area contributed by atoms with E-state index in [0.717, 1.165) is 31.1 Å². The monoisotopic (exact) mass is 400 g/mol. The summed E-state index contributed by atoms with van der Waals surface area (Å²) in [5.41, 5.74) is 13.1. The number of sulfone groups is 1. The number of nitrogens with zero attached hydrogens (tertiary/aromatic N) is 1. The van der Waals surface area contributed by atoms with Crippen LogP contribution in [0, 0.1) is 5.82 Å². The Morgan fingerprint density at radius 1 is 1.41 bits per heavy atom. The van der Waals surface area contributed by atoms with Crippen LogP contribution in [0.3, 0.4) is 0 Å². The van der Waals surface area contributed by atoms with Crippen molar-refractivity contribution in [2.24, 2.45) is 5.73 Å². The summed E-state index contributed by atoms with van der Waals surface area (Å²) >= 11 is 0. The van der Waals surface area contributed by atoms with Gasteiger partial charge in [-0.25, -0.2) is 12.8 Å². The first-order chi connectivity index (χ1) is 12.7. The van der Waals surface area contributed by atoms with Crippen molar-refractivity contribution in [3.05, 3.63) is 35.6 Å². The van der Waals surface area contributed by atoms with Gasteiger partial charge in [0.25, 0.3) is 0 Å². The van der Waals surface area contributed by atoms with Crippen molar-refractivity contribution in [1.29, 1.82) is 0 Å². The van der Waals surface area contributed by atoms with E-state index in [1.54, 1.807) is 18.0 Å². The molecule has 1 saturated heterocycles. The Hall–Kier alpha value is -1.55. The van der Waals surface area contributed by atoms with E-state index in [1.165, 1.54) is 12.1 Å². The zero-order valence-corrected chi connectivity index (χ0v) is 16.6. The van der Waals surface area contributed by atoms with Crippen LogP contribution in [0.25, 0.3) is 0 Å². The number of likely N-dealkylation sites (N-methyl/N-ethyl adjacent to an activating group) is 1. The van der Waals surface area contributed by atoms with E-state index in [1.807, 2.05) is 6.07 Å². The lowest BCUT2D eigenvalue weighted by Gasteiger charge is -2.21. The molecule has 0 aliphatic carbocycles. The summed E-state index contributed by atoms with van der Waals surface area (Å²) < 4.78 is 35.7. The summed E-state index contributed by atoms with van der Waals surface area (Å²) in [6, 6.07) is 6.06. The Morgan fingerprint density at radius 2 is 2.15 bits per heavy atom. The topological polar surface area (TPSA) is 105 Å². The van der Waals surface area contributed by atoms with Gasteiger partial charge in [-0.1, -0.05) is 12.1 Å². The van der Waals surface area contributed by atoms with Gasteiger partial charge in [0.15, 0.2) is 0 Å². The molecule has 3 unspecified atom stereocenters.